The van der Waals surface area contributed by atoms with Gasteiger partial charge in [0.2, 0.25) is 0 Å². The van der Waals surface area contributed by atoms with Crippen LogP contribution in [0.2, 0.25) is 5.02 Å². The van der Waals surface area contributed by atoms with Crippen LogP contribution in [0.5, 0.6) is 11.5 Å². The monoisotopic (exact) mass is 478 g/mol. The Morgan fingerprint density at radius 1 is 1.19 bits per heavy atom. The molecule has 6 nitrogen and oxygen atoms in total. The largest absolute Gasteiger partial charge is 0.504 e. The van der Waals surface area contributed by atoms with Gasteiger partial charge in [0.05, 0.1) is 19.1 Å². The molecule has 2 rings (SSSR count). The fourth-order valence-electron chi connectivity index (χ4n) is 3.12. The zero-order valence-electron chi connectivity index (χ0n) is 18.9. The highest BCUT2D eigenvalue weighted by Gasteiger charge is 2.25. The lowest BCUT2D eigenvalue weighted by molar-refractivity contribution is -0.154. The van der Waals surface area contributed by atoms with Gasteiger partial charge in [-0.3, -0.25) is 4.79 Å². The Balaban J connectivity index is 2.19. The van der Waals surface area contributed by atoms with Gasteiger partial charge < -0.3 is 25.2 Å². The number of hydrogen-bond acceptors (Lipinski definition) is 5. The molecule has 32 heavy (non-hydrogen) atoms. The molecule has 2 aromatic rings. The smallest absolute Gasteiger partial charge is 0.311 e. The summed E-state index contributed by atoms with van der Waals surface area (Å²) in [4.78, 5) is 14.2. The van der Waals surface area contributed by atoms with Gasteiger partial charge in [-0.15, -0.1) is 0 Å². The molecule has 0 aliphatic heterocycles. The molecule has 0 radical (unpaired) electrons. The van der Waals surface area contributed by atoms with E-state index >= 15 is 0 Å². The Morgan fingerprint density at radius 2 is 1.81 bits per heavy atom. The minimum atomic E-state index is -0.587. The second-order valence-electron chi connectivity index (χ2n) is 8.77. The number of rotatable bonds is 9. The molecule has 0 fully saturated rings. The van der Waals surface area contributed by atoms with Gasteiger partial charge in [0, 0.05) is 24.0 Å². The van der Waals surface area contributed by atoms with Gasteiger partial charge in [0.15, 0.2) is 16.6 Å². The molecule has 174 valence electrons. The number of ether oxygens (including phenoxy) is 2. The van der Waals surface area contributed by atoms with E-state index in [0.717, 1.165) is 11.1 Å². The number of aromatic hydroxyl groups is 1. The van der Waals surface area contributed by atoms with Gasteiger partial charge in [0.1, 0.15) is 0 Å². The standard InChI is InChI=1S/C24H31ClN2O4S/c1-24(2,3)22(29)31-15-18(11-16-5-8-19(25)9-6-16)14-27(23(26)32)13-17-7-10-20(28)21(12-17)30-4/h5-10,12,18,28H,11,13-15H2,1-4H3,(H2,26,32). The number of esters is 1. The lowest BCUT2D eigenvalue weighted by Crippen LogP contribution is -2.40. The van der Waals surface area contributed by atoms with Crippen molar-refractivity contribution in [1.29, 1.82) is 0 Å². The first kappa shape index (κ1) is 25.7. The first-order valence-electron chi connectivity index (χ1n) is 10.3. The fourth-order valence-corrected chi connectivity index (χ4v) is 3.39. The third-order valence-corrected chi connectivity index (χ3v) is 5.42. The maximum atomic E-state index is 12.3. The molecular weight excluding hydrogens is 448 g/mol. The van der Waals surface area contributed by atoms with Crippen molar-refractivity contribution in [3.8, 4) is 11.5 Å². The molecule has 0 aromatic heterocycles. The first-order chi connectivity index (χ1) is 15.0. The molecule has 0 spiro atoms. The van der Waals surface area contributed by atoms with Gasteiger partial charge in [-0.2, -0.15) is 0 Å². The molecule has 0 aliphatic rings. The van der Waals surface area contributed by atoms with Gasteiger partial charge in [0.25, 0.3) is 0 Å². The summed E-state index contributed by atoms with van der Waals surface area (Å²) in [5.74, 6) is 0.127. The Hall–Kier alpha value is -2.51. The minimum absolute atomic E-state index is 0.0528. The average molecular weight is 479 g/mol. The summed E-state index contributed by atoms with van der Waals surface area (Å²) in [6, 6.07) is 12.7. The number of phenols is 1. The number of thiocarbonyl (C=S) groups is 1. The van der Waals surface area contributed by atoms with Crippen LogP contribution in [-0.4, -0.2) is 41.3 Å². The van der Waals surface area contributed by atoms with Crippen LogP contribution >= 0.6 is 23.8 Å². The second kappa shape index (κ2) is 11.4. The van der Waals surface area contributed by atoms with Crippen molar-refractivity contribution < 1.29 is 19.4 Å². The van der Waals surface area contributed by atoms with E-state index in [9.17, 15) is 9.90 Å². The number of carbonyl (C=O) groups is 1. The van der Waals surface area contributed by atoms with Gasteiger partial charge in [-0.05, 0) is 74.8 Å². The highest BCUT2D eigenvalue weighted by Crippen LogP contribution is 2.27. The number of methoxy groups -OCH3 is 1. The van der Waals surface area contributed by atoms with Crippen LogP contribution in [0.3, 0.4) is 0 Å². The normalized spacial score (nSPS) is 12.2. The molecule has 0 saturated carbocycles. The van der Waals surface area contributed by atoms with E-state index < -0.39 is 5.41 Å². The zero-order valence-corrected chi connectivity index (χ0v) is 20.5. The molecule has 0 heterocycles. The summed E-state index contributed by atoms with van der Waals surface area (Å²) in [6.07, 6.45) is 0.659. The maximum absolute atomic E-state index is 12.3. The highest BCUT2D eigenvalue weighted by molar-refractivity contribution is 7.80. The van der Waals surface area contributed by atoms with Crippen LogP contribution < -0.4 is 10.5 Å². The fraction of sp³-hybridized carbons (Fsp3) is 0.417. The maximum Gasteiger partial charge on any atom is 0.311 e. The molecule has 1 unspecified atom stereocenters. The first-order valence-corrected chi connectivity index (χ1v) is 11.1. The van der Waals surface area contributed by atoms with Crippen molar-refractivity contribution in [3.63, 3.8) is 0 Å². The summed E-state index contributed by atoms with van der Waals surface area (Å²) in [6.45, 7) is 6.61. The van der Waals surface area contributed by atoms with E-state index in [0.29, 0.717) is 30.3 Å². The van der Waals surface area contributed by atoms with Crippen LogP contribution in [0.15, 0.2) is 42.5 Å². The van der Waals surface area contributed by atoms with Crippen LogP contribution in [0.1, 0.15) is 31.9 Å². The molecule has 0 amide bonds. The average Bonchev–Trinajstić information content (AvgIpc) is 2.73. The Labute approximate surface area is 200 Å². The molecule has 8 heteroatoms. The predicted octanol–water partition coefficient (Wildman–Crippen LogP) is 4.55. The number of nitrogens with two attached hydrogens (primary N) is 1. The Kier molecular flexibility index (Phi) is 9.16. The lowest BCUT2D eigenvalue weighted by atomic mass is 9.96. The summed E-state index contributed by atoms with van der Waals surface area (Å²) in [5.41, 5.74) is 7.39. The predicted molar refractivity (Wildman–Crippen MR) is 131 cm³/mol. The van der Waals surface area contributed by atoms with Crippen LogP contribution in [0.25, 0.3) is 0 Å². The zero-order chi connectivity index (χ0) is 23.9. The Bertz CT molecular complexity index is 929. The van der Waals surface area contributed by atoms with Crippen molar-refractivity contribution >= 4 is 34.9 Å². The number of phenolic OH excluding ortho intramolecular Hbond substituents is 1. The molecular formula is C24H31ClN2O4S. The lowest BCUT2D eigenvalue weighted by Gasteiger charge is -2.29. The van der Waals surface area contributed by atoms with E-state index in [4.69, 9.17) is 39.0 Å². The van der Waals surface area contributed by atoms with E-state index in [1.54, 1.807) is 18.2 Å². The number of nitrogens with zero attached hydrogens (tertiary/aromatic N) is 1. The van der Waals surface area contributed by atoms with Crippen LogP contribution in [-0.2, 0) is 22.5 Å². The van der Waals surface area contributed by atoms with Crippen LogP contribution in [0.4, 0.5) is 0 Å². The van der Waals surface area contributed by atoms with Crippen molar-refractivity contribution in [2.45, 2.75) is 33.7 Å². The number of halogens is 1. The molecule has 0 bridgehead atoms. The summed E-state index contributed by atoms with van der Waals surface area (Å²) < 4.78 is 10.8. The number of carbonyl (C=O) groups excluding carboxylic acids is 1. The van der Waals surface area contributed by atoms with E-state index in [2.05, 4.69) is 0 Å². The second-order valence-corrected chi connectivity index (χ2v) is 9.62. The van der Waals surface area contributed by atoms with E-state index in [1.807, 2.05) is 49.9 Å². The van der Waals surface area contributed by atoms with Crippen molar-refractivity contribution in [2.24, 2.45) is 17.1 Å². The molecule has 2 aromatic carbocycles. The van der Waals surface area contributed by atoms with Gasteiger partial charge in [-0.1, -0.05) is 29.8 Å². The quantitative estimate of drug-likeness (QED) is 0.404. The number of benzene rings is 2. The third kappa shape index (κ3) is 7.88. The molecule has 3 N–H and O–H groups in total. The summed E-state index contributed by atoms with van der Waals surface area (Å²) in [5, 5.41) is 10.7. The van der Waals surface area contributed by atoms with Crippen molar-refractivity contribution in [1.82, 2.24) is 4.90 Å². The van der Waals surface area contributed by atoms with E-state index in [-0.39, 0.29) is 29.4 Å². The topological polar surface area (TPSA) is 85.0 Å². The molecule has 0 aliphatic carbocycles. The molecule has 1 atom stereocenters. The van der Waals surface area contributed by atoms with Crippen LogP contribution in [0, 0.1) is 11.3 Å². The highest BCUT2D eigenvalue weighted by atomic mass is 35.5. The number of hydrogen-bond donors (Lipinski definition) is 2. The van der Waals surface area contributed by atoms with E-state index in [1.165, 1.54) is 7.11 Å². The summed E-state index contributed by atoms with van der Waals surface area (Å²) >= 11 is 11.3. The Morgan fingerprint density at radius 3 is 2.38 bits per heavy atom. The molecule has 0 saturated heterocycles. The summed E-state index contributed by atoms with van der Waals surface area (Å²) in [7, 11) is 1.50. The van der Waals surface area contributed by atoms with Gasteiger partial charge >= 0.3 is 5.97 Å². The SMILES string of the molecule is COc1cc(CN(CC(COC(=O)C(C)(C)C)Cc2ccc(Cl)cc2)C(N)=S)ccc1O. The van der Waals surface area contributed by atoms with Crippen molar-refractivity contribution in [3.05, 3.63) is 58.6 Å². The van der Waals surface area contributed by atoms with Gasteiger partial charge in [-0.25, -0.2) is 0 Å². The van der Waals surface area contributed by atoms with Crippen molar-refractivity contribution in [2.75, 3.05) is 20.3 Å². The minimum Gasteiger partial charge on any atom is -0.504 e. The third-order valence-electron chi connectivity index (χ3n) is 4.91.